The molecule has 4 heteroatoms. The van der Waals surface area contributed by atoms with Crippen molar-refractivity contribution in [1.29, 1.82) is 0 Å². The van der Waals surface area contributed by atoms with Gasteiger partial charge < -0.3 is 10.5 Å². The Morgan fingerprint density at radius 1 is 1.31 bits per heavy atom. The predicted octanol–water partition coefficient (Wildman–Crippen LogP) is 2.42. The molecule has 0 radical (unpaired) electrons. The number of benzene rings is 1. The molecule has 1 aromatic carbocycles. The normalized spacial score (nSPS) is 10.6. The third-order valence-electron chi connectivity index (χ3n) is 2.24. The van der Waals surface area contributed by atoms with Crippen molar-refractivity contribution in [2.75, 3.05) is 7.11 Å². The minimum atomic E-state index is 0.463. The van der Waals surface area contributed by atoms with Crippen molar-refractivity contribution in [3.05, 3.63) is 41.0 Å². The Bertz CT molecular complexity index is 453. The van der Waals surface area contributed by atoms with E-state index in [2.05, 4.69) is 17.1 Å². The molecule has 2 N–H and O–H groups in total. The topological polar surface area (TPSA) is 48.1 Å². The van der Waals surface area contributed by atoms with Crippen molar-refractivity contribution in [1.82, 2.24) is 4.98 Å². The van der Waals surface area contributed by atoms with Gasteiger partial charge in [-0.05, 0) is 5.56 Å². The SMILES string of the molecule is COCc1nc(CN)c(-c2ccccc2)s1. The highest BCUT2D eigenvalue weighted by Gasteiger charge is 2.11. The van der Waals surface area contributed by atoms with E-state index >= 15 is 0 Å². The highest BCUT2D eigenvalue weighted by atomic mass is 32.1. The summed E-state index contributed by atoms with van der Waals surface area (Å²) in [5, 5.41) is 0.974. The Morgan fingerprint density at radius 3 is 2.69 bits per heavy atom. The average molecular weight is 234 g/mol. The molecule has 0 aliphatic carbocycles. The van der Waals surface area contributed by atoms with Gasteiger partial charge in [-0.1, -0.05) is 30.3 Å². The van der Waals surface area contributed by atoms with E-state index in [1.54, 1.807) is 18.4 Å². The van der Waals surface area contributed by atoms with Crippen LogP contribution in [0.1, 0.15) is 10.7 Å². The van der Waals surface area contributed by atoms with Gasteiger partial charge in [0.2, 0.25) is 0 Å². The fourth-order valence-corrected chi connectivity index (χ4v) is 2.61. The fraction of sp³-hybridized carbons (Fsp3) is 0.250. The Morgan fingerprint density at radius 2 is 2.06 bits per heavy atom. The van der Waals surface area contributed by atoms with Crippen molar-refractivity contribution in [3.8, 4) is 10.4 Å². The zero-order valence-corrected chi connectivity index (χ0v) is 9.96. The van der Waals surface area contributed by atoms with Gasteiger partial charge in [-0.3, -0.25) is 0 Å². The van der Waals surface area contributed by atoms with Crippen LogP contribution in [0, 0.1) is 0 Å². The third-order valence-corrected chi connectivity index (χ3v) is 3.36. The highest BCUT2D eigenvalue weighted by Crippen LogP contribution is 2.30. The Balaban J connectivity index is 2.39. The maximum absolute atomic E-state index is 5.70. The summed E-state index contributed by atoms with van der Waals surface area (Å²) in [6.45, 7) is 1.01. The van der Waals surface area contributed by atoms with Crippen LogP contribution in [-0.2, 0) is 17.9 Å². The molecule has 84 valence electrons. The summed E-state index contributed by atoms with van der Waals surface area (Å²) in [7, 11) is 1.67. The second kappa shape index (κ2) is 5.21. The Hall–Kier alpha value is -1.23. The predicted molar refractivity (Wildman–Crippen MR) is 66.2 cm³/mol. The maximum atomic E-state index is 5.70. The summed E-state index contributed by atoms with van der Waals surface area (Å²) >= 11 is 1.65. The molecule has 0 fully saturated rings. The van der Waals surface area contributed by atoms with E-state index in [1.807, 2.05) is 18.2 Å². The van der Waals surface area contributed by atoms with Gasteiger partial charge in [-0.25, -0.2) is 4.98 Å². The standard InChI is InChI=1S/C12H14N2OS/c1-15-8-11-14-10(7-13)12(16-11)9-5-3-2-4-6-9/h2-6H,7-8,13H2,1H3. The lowest BCUT2D eigenvalue weighted by atomic mass is 10.1. The van der Waals surface area contributed by atoms with Crippen LogP contribution in [0.4, 0.5) is 0 Å². The number of rotatable bonds is 4. The largest absolute Gasteiger partial charge is 0.378 e. The van der Waals surface area contributed by atoms with Crippen LogP contribution in [0.25, 0.3) is 10.4 Å². The molecule has 0 bridgehead atoms. The Kier molecular flexibility index (Phi) is 3.66. The first kappa shape index (κ1) is 11.3. The molecule has 0 amide bonds. The smallest absolute Gasteiger partial charge is 0.119 e. The zero-order valence-electron chi connectivity index (χ0n) is 9.14. The van der Waals surface area contributed by atoms with Crippen molar-refractivity contribution < 1.29 is 4.74 Å². The van der Waals surface area contributed by atoms with Gasteiger partial charge in [0.15, 0.2) is 0 Å². The molecule has 2 rings (SSSR count). The van der Waals surface area contributed by atoms with E-state index in [4.69, 9.17) is 10.5 Å². The van der Waals surface area contributed by atoms with Crippen LogP contribution in [0.15, 0.2) is 30.3 Å². The minimum absolute atomic E-state index is 0.463. The first-order chi connectivity index (χ1) is 7.85. The number of aromatic nitrogens is 1. The summed E-state index contributed by atoms with van der Waals surface area (Å²) in [6.07, 6.45) is 0. The summed E-state index contributed by atoms with van der Waals surface area (Å²) in [5.41, 5.74) is 7.82. The van der Waals surface area contributed by atoms with Gasteiger partial charge >= 0.3 is 0 Å². The van der Waals surface area contributed by atoms with Crippen LogP contribution >= 0.6 is 11.3 Å². The van der Waals surface area contributed by atoms with Gasteiger partial charge in [0.1, 0.15) is 5.01 Å². The molecule has 0 spiro atoms. The molecule has 0 aliphatic rings. The van der Waals surface area contributed by atoms with Crippen LogP contribution in [-0.4, -0.2) is 12.1 Å². The van der Waals surface area contributed by atoms with Crippen molar-refractivity contribution in [2.45, 2.75) is 13.2 Å². The molecule has 1 aromatic heterocycles. The quantitative estimate of drug-likeness (QED) is 0.883. The zero-order chi connectivity index (χ0) is 11.4. The maximum Gasteiger partial charge on any atom is 0.119 e. The van der Waals surface area contributed by atoms with Gasteiger partial charge in [0, 0.05) is 13.7 Å². The lowest BCUT2D eigenvalue weighted by Gasteiger charge is -1.98. The lowest BCUT2D eigenvalue weighted by Crippen LogP contribution is -1.98. The van der Waals surface area contributed by atoms with E-state index in [9.17, 15) is 0 Å². The van der Waals surface area contributed by atoms with Crippen LogP contribution in [0.5, 0.6) is 0 Å². The lowest BCUT2D eigenvalue weighted by molar-refractivity contribution is 0.184. The van der Waals surface area contributed by atoms with E-state index in [1.165, 1.54) is 5.56 Å². The van der Waals surface area contributed by atoms with Gasteiger partial charge in [0.05, 0.1) is 17.2 Å². The molecule has 0 unspecified atom stereocenters. The van der Waals surface area contributed by atoms with Gasteiger partial charge in [0.25, 0.3) is 0 Å². The second-order valence-corrected chi connectivity index (χ2v) is 4.47. The monoisotopic (exact) mass is 234 g/mol. The molecule has 0 saturated carbocycles. The number of thiazole rings is 1. The van der Waals surface area contributed by atoms with Gasteiger partial charge in [-0.2, -0.15) is 0 Å². The van der Waals surface area contributed by atoms with E-state index in [0.29, 0.717) is 13.2 Å². The highest BCUT2D eigenvalue weighted by molar-refractivity contribution is 7.15. The minimum Gasteiger partial charge on any atom is -0.378 e. The second-order valence-electron chi connectivity index (χ2n) is 3.39. The molecule has 2 aromatic rings. The number of hydrogen-bond donors (Lipinski definition) is 1. The Labute approximate surface area is 98.9 Å². The summed E-state index contributed by atoms with van der Waals surface area (Å²) in [4.78, 5) is 5.61. The van der Waals surface area contributed by atoms with Gasteiger partial charge in [-0.15, -0.1) is 11.3 Å². The molecular weight excluding hydrogens is 220 g/mol. The number of nitrogens with zero attached hydrogens (tertiary/aromatic N) is 1. The van der Waals surface area contributed by atoms with Crippen molar-refractivity contribution in [3.63, 3.8) is 0 Å². The number of hydrogen-bond acceptors (Lipinski definition) is 4. The number of methoxy groups -OCH3 is 1. The average Bonchev–Trinajstić information content (AvgIpc) is 2.74. The third kappa shape index (κ3) is 2.29. The van der Waals surface area contributed by atoms with Crippen LogP contribution in [0.2, 0.25) is 0 Å². The van der Waals surface area contributed by atoms with Crippen LogP contribution in [0.3, 0.4) is 0 Å². The van der Waals surface area contributed by atoms with E-state index in [-0.39, 0.29) is 0 Å². The molecular formula is C12H14N2OS. The van der Waals surface area contributed by atoms with E-state index in [0.717, 1.165) is 15.6 Å². The molecule has 1 heterocycles. The van der Waals surface area contributed by atoms with E-state index < -0.39 is 0 Å². The first-order valence-electron chi connectivity index (χ1n) is 5.08. The summed E-state index contributed by atoms with van der Waals surface area (Å²) in [6, 6.07) is 10.2. The van der Waals surface area contributed by atoms with Crippen molar-refractivity contribution >= 4 is 11.3 Å². The van der Waals surface area contributed by atoms with Crippen molar-refractivity contribution in [2.24, 2.45) is 5.73 Å². The molecule has 0 saturated heterocycles. The summed E-state index contributed by atoms with van der Waals surface area (Å²) in [5.74, 6) is 0. The molecule has 0 atom stereocenters. The molecule has 3 nitrogen and oxygen atoms in total. The fourth-order valence-electron chi connectivity index (χ4n) is 1.54. The summed E-state index contributed by atoms with van der Waals surface area (Å²) < 4.78 is 5.08. The van der Waals surface area contributed by atoms with Crippen LogP contribution < -0.4 is 5.73 Å². The molecule has 16 heavy (non-hydrogen) atoms. The first-order valence-corrected chi connectivity index (χ1v) is 5.89. The molecule has 0 aliphatic heterocycles. The number of nitrogens with two attached hydrogens (primary N) is 1. The number of ether oxygens (including phenoxy) is 1.